The third-order valence-corrected chi connectivity index (χ3v) is 5.84. The molecule has 1 unspecified atom stereocenters. The highest BCUT2D eigenvalue weighted by Crippen LogP contribution is 2.34. The fourth-order valence-corrected chi connectivity index (χ4v) is 4.38. The molecule has 29 heavy (non-hydrogen) atoms. The average Bonchev–Trinajstić information content (AvgIpc) is 2.98. The summed E-state index contributed by atoms with van der Waals surface area (Å²) in [5.41, 5.74) is 3.56. The minimum Gasteiger partial charge on any atom is -0.494 e. The molecule has 3 rings (SSSR count). The number of ether oxygens (including phenoxy) is 1. The summed E-state index contributed by atoms with van der Waals surface area (Å²) in [5.74, 6) is 0.361. The Morgan fingerprint density at radius 3 is 2.69 bits per heavy atom. The van der Waals surface area contributed by atoms with Crippen LogP contribution in [0.5, 0.6) is 5.75 Å². The summed E-state index contributed by atoms with van der Waals surface area (Å²) in [6, 6.07) is 13.3. The molecule has 6 nitrogen and oxygen atoms in total. The molecule has 1 fully saturated rings. The smallest absolute Gasteiger partial charge is 0.242 e. The van der Waals surface area contributed by atoms with E-state index in [-0.39, 0.29) is 18.2 Å². The number of anilines is 1. The van der Waals surface area contributed by atoms with Crippen LogP contribution in [0.2, 0.25) is 0 Å². The van der Waals surface area contributed by atoms with E-state index in [1.165, 1.54) is 11.8 Å². The fraction of sp³-hybridized carbons (Fsp3) is 0.318. The van der Waals surface area contributed by atoms with Gasteiger partial charge in [0.05, 0.1) is 7.11 Å². The van der Waals surface area contributed by atoms with Gasteiger partial charge in [0.2, 0.25) is 11.8 Å². The fourth-order valence-electron chi connectivity index (χ4n) is 3.16. The van der Waals surface area contributed by atoms with Crippen LogP contribution in [-0.4, -0.2) is 40.8 Å². The lowest BCUT2D eigenvalue weighted by Crippen LogP contribution is -2.33. The summed E-state index contributed by atoms with van der Waals surface area (Å²) in [6.45, 7) is 6.35. The van der Waals surface area contributed by atoms with Gasteiger partial charge in [0.15, 0.2) is 5.17 Å². The number of hydrogen-bond acceptors (Lipinski definition) is 5. The van der Waals surface area contributed by atoms with Crippen molar-refractivity contribution in [3.63, 3.8) is 0 Å². The van der Waals surface area contributed by atoms with Crippen molar-refractivity contribution in [3.05, 3.63) is 53.6 Å². The van der Waals surface area contributed by atoms with Crippen molar-refractivity contribution in [2.45, 2.75) is 32.4 Å². The van der Waals surface area contributed by atoms with Crippen molar-refractivity contribution < 1.29 is 14.3 Å². The summed E-state index contributed by atoms with van der Waals surface area (Å²) < 4.78 is 5.34. The number of aliphatic imine (C=N–C) groups is 1. The lowest BCUT2D eigenvalue weighted by molar-refractivity contribution is -0.128. The Morgan fingerprint density at radius 1 is 1.24 bits per heavy atom. The van der Waals surface area contributed by atoms with Gasteiger partial charge in [-0.1, -0.05) is 41.6 Å². The van der Waals surface area contributed by atoms with Crippen molar-refractivity contribution in [2.75, 3.05) is 19.0 Å². The van der Waals surface area contributed by atoms with Crippen molar-refractivity contribution in [1.29, 1.82) is 0 Å². The summed E-state index contributed by atoms with van der Waals surface area (Å²) in [6.07, 6.45) is 0.0955. The minimum atomic E-state index is -0.492. The van der Waals surface area contributed by atoms with Gasteiger partial charge in [-0.05, 0) is 44.5 Å². The highest BCUT2D eigenvalue weighted by molar-refractivity contribution is 8.15. The van der Waals surface area contributed by atoms with Crippen LogP contribution in [-0.2, 0) is 9.59 Å². The lowest BCUT2D eigenvalue weighted by atomic mass is 10.1. The number of benzene rings is 2. The van der Waals surface area contributed by atoms with Gasteiger partial charge in [-0.3, -0.25) is 14.5 Å². The minimum absolute atomic E-state index is 0.0954. The SMILES string of the molecule is CCN1C(=O)C(CC(=O)Nc2ccc(C)cc2C)SC1=Nc1ccccc1OC. The average molecular weight is 412 g/mol. The number of nitrogens with one attached hydrogen (secondary N) is 1. The molecule has 0 aliphatic carbocycles. The van der Waals surface area contributed by atoms with Crippen LogP contribution in [0.4, 0.5) is 11.4 Å². The maximum absolute atomic E-state index is 12.8. The van der Waals surface area contributed by atoms with Gasteiger partial charge in [0.25, 0.3) is 0 Å². The number of hydrogen-bond donors (Lipinski definition) is 1. The molecule has 1 atom stereocenters. The molecule has 152 valence electrons. The monoisotopic (exact) mass is 411 g/mol. The molecular formula is C22H25N3O3S. The molecule has 0 saturated carbocycles. The number of amidine groups is 1. The number of carbonyl (C=O) groups is 2. The maximum atomic E-state index is 12.8. The van der Waals surface area contributed by atoms with Gasteiger partial charge >= 0.3 is 0 Å². The molecule has 0 bridgehead atoms. The zero-order chi connectivity index (χ0) is 21.0. The van der Waals surface area contributed by atoms with Crippen molar-refractivity contribution in [2.24, 2.45) is 4.99 Å². The molecule has 7 heteroatoms. The van der Waals surface area contributed by atoms with E-state index >= 15 is 0 Å². The van der Waals surface area contributed by atoms with E-state index in [0.717, 1.165) is 16.8 Å². The first kappa shape index (κ1) is 20.9. The first-order valence-electron chi connectivity index (χ1n) is 9.49. The van der Waals surface area contributed by atoms with E-state index in [9.17, 15) is 9.59 Å². The number of rotatable bonds is 6. The second kappa shape index (κ2) is 9.13. The number of carbonyl (C=O) groups excluding carboxylic acids is 2. The van der Waals surface area contributed by atoms with E-state index in [1.807, 2.05) is 63.2 Å². The second-order valence-corrected chi connectivity index (χ2v) is 8.00. The predicted molar refractivity (Wildman–Crippen MR) is 118 cm³/mol. The largest absolute Gasteiger partial charge is 0.494 e. The Bertz CT molecular complexity index is 958. The molecule has 2 amide bonds. The molecule has 2 aromatic rings. The molecule has 1 N–H and O–H groups in total. The number of para-hydroxylation sites is 2. The van der Waals surface area contributed by atoms with Crippen LogP contribution in [0.25, 0.3) is 0 Å². The standard InChI is InChI=1S/C22H25N3O3S/c1-5-25-21(27)19(13-20(26)23-16-11-10-14(2)12-15(16)3)29-22(25)24-17-8-6-7-9-18(17)28-4/h6-12,19H,5,13H2,1-4H3,(H,23,26). The normalized spacial score (nSPS) is 17.7. The third kappa shape index (κ3) is 4.79. The molecule has 1 aliphatic heterocycles. The maximum Gasteiger partial charge on any atom is 0.242 e. The number of amides is 2. The quantitative estimate of drug-likeness (QED) is 0.770. The van der Waals surface area contributed by atoms with Crippen LogP contribution in [0, 0.1) is 13.8 Å². The topological polar surface area (TPSA) is 71.0 Å². The van der Waals surface area contributed by atoms with Crippen LogP contribution in [0.1, 0.15) is 24.5 Å². The first-order valence-corrected chi connectivity index (χ1v) is 10.4. The Labute approximate surface area is 175 Å². The highest BCUT2D eigenvalue weighted by atomic mass is 32.2. The van der Waals surface area contributed by atoms with Crippen molar-refractivity contribution in [3.8, 4) is 5.75 Å². The Hall–Kier alpha value is -2.80. The Morgan fingerprint density at radius 2 is 2.00 bits per heavy atom. The van der Waals surface area contributed by atoms with Crippen molar-refractivity contribution in [1.82, 2.24) is 4.90 Å². The van der Waals surface area contributed by atoms with Crippen LogP contribution >= 0.6 is 11.8 Å². The molecule has 0 radical (unpaired) electrons. The second-order valence-electron chi connectivity index (χ2n) is 6.83. The molecule has 1 saturated heterocycles. The molecule has 0 spiro atoms. The lowest BCUT2D eigenvalue weighted by Gasteiger charge is -2.14. The van der Waals surface area contributed by atoms with Gasteiger partial charge < -0.3 is 10.1 Å². The van der Waals surface area contributed by atoms with Crippen LogP contribution in [0.3, 0.4) is 0 Å². The highest BCUT2D eigenvalue weighted by Gasteiger charge is 2.38. The zero-order valence-electron chi connectivity index (χ0n) is 17.1. The first-order chi connectivity index (χ1) is 13.9. The van der Waals surface area contributed by atoms with Crippen molar-refractivity contribution >= 4 is 40.1 Å². The molecule has 2 aromatic carbocycles. The molecule has 0 aromatic heterocycles. The van der Waals surface area contributed by atoms with E-state index < -0.39 is 5.25 Å². The molecule has 1 aliphatic rings. The number of nitrogens with zero attached hydrogens (tertiary/aromatic N) is 2. The van der Waals surface area contributed by atoms with Gasteiger partial charge in [0, 0.05) is 18.7 Å². The number of thioether (sulfide) groups is 1. The van der Waals surface area contributed by atoms with Gasteiger partial charge in [-0.2, -0.15) is 0 Å². The third-order valence-electron chi connectivity index (χ3n) is 4.66. The summed E-state index contributed by atoms with van der Waals surface area (Å²) in [4.78, 5) is 31.6. The number of aryl methyl sites for hydroxylation is 2. The van der Waals surface area contributed by atoms with E-state index in [4.69, 9.17) is 4.74 Å². The van der Waals surface area contributed by atoms with Gasteiger partial charge in [-0.25, -0.2) is 4.99 Å². The Kier molecular flexibility index (Phi) is 6.59. The summed E-state index contributed by atoms with van der Waals surface area (Å²) >= 11 is 1.32. The Balaban J connectivity index is 1.74. The molecular weight excluding hydrogens is 386 g/mol. The van der Waals surface area contributed by atoms with E-state index in [0.29, 0.717) is 23.1 Å². The van der Waals surface area contributed by atoms with E-state index in [1.54, 1.807) is 12.0 Å². The van der Waals surface area contributed by atoms with Gasteiger partial charge in [-0.15, -0.1) is 0 Å². The van der Waals surface area contributed by atoms with Gasteiger partial charge in [0.1, 0.15) is 16.7 Å². The van der Waals surface area contributed by atoms with Crippen LogP contribution < -0.4 is 10.1 Å². The number of methoxy groups -OCH3 is 1. The molecule has 1 heterocycles. The van der Waals surface area contributed by atoms with E-state index in [2.05, 4.69) is 10.3 Å². The summed E-state index contributed by atoms with van der Waals surface area (Å²) in [7, 11) is 1.59. The predicted octanol–water partition coefficient (Wildman–Crippen LogP) is 4.29. The summed E-state index contributed by atoms with van der Waals surface area (Å²) in [5, 5.41) is 3.02. The van der Waals surface area contributed by atoms with Crippen LogP contribution in [0.15, 0.2) is 47.5 Å². The zero-order valence-corrected chi connectivity index (χ0v) is 17.9.